The summed E-state index contributed by atoms with van der Waals surface area (Å²) < 4.78 is 20.6. The van der Waals surface area contributed by atoms with E-state index in [9.17, 15) is 4.39 Å². The van der Waals surface area contributed by atoms with Crippen LogP contribution in [0.3, 0.4) is 0 Å². The summed E-state index contributed by atoms with van der Waals surface area (Å²) in [5.41, 5.74) is 7.67. The van der Waals surface area contributed by atoms with Gasteiger partial charge in [0.1, 0.15) is 17.7 Å². The smallest absolute Gasteiger partial charge is 0.130 e. The molecule has 2 nitrogen and oxygen atoms in total. The average molecular weight is 322 g/mol. The fraction of sp³-hybridized carbons (Fsp3) is 0.200. The Morgan fingerprint density at radius 2 is 1.95 bits per heavy atom. The Bertz CT molecular complexity index is 617. The topological polar surface area (TPSA) is 35.2 Å². The molecule has 2 N–H and O–H groups in total. The molecule has 2 aromatic rings. The van der Waals surface area contributed by atoms with Crippen LogP contribution in [-0.4, -0.2) is 0 Å². The summed E-state index contributed by atoms with van der Waals surface area (Å²) in [7, 11) is 0. The van der Waals surface area contributed by atoms with Crippen LogP contribution in [0, 0.1) is 5.82 Å². The fourth-order valence-corrected chi connectivity index (χ4v) is 2.78. The van der Waals surface area contributed by atoms with Crippen LogP contribution in [0.15, 0.2) is 46.9 Å². The zero-order valence-electron chi connectivity index (χ0n) is 10.1. The zero-order chi connectivity index (χ0) is 13.4. The minimum absolute atomic E-state index is 0.131. The number of hydrogen-bond acceptors (Lipinski definition) is 2. The largest absolute Gasteiger partial charge is 0.485 e. The molecule has 0 aromatic heterocycles. The first-order valence-corrected chi connectivity index (χ1v) is 6.90. The highest BCUT2D eigenvalue weighted by atomic mass is 79.9. The lowest BCUT2D eigenvalue weighted by atomic mass is 9.93. The highest BCUT2D eigenvalue weighted by molar-refractivity contribution is 9.10. The SMILES string of the molecule is N[C@H]1CC(c2cc(Br)ccc2F)Oc2ccccc21. The predicted molar refractivity (Wildman–Crippen MR) is 75.5 cm³/mol. The van der Waals surface area contributed by atoms with Gasteiger partial charge in [0.25, 0.3) is 0 Å². The molecule has 1 unspecified atom stereocenters. The first-order chi connectivity index (χ1) is 9.15. The Hall–Kier alpha value is -1.39. The maximum absolute atomic E-state index is 13.9. The van der Waals surface area contributed by atoms with E-state index in [4.69, 9.17) is 10.5 Å². The average Bonchev–Trinajstić information content (AvgIpc) is 2.41. The third-order valence-corrected chi connectivity index (χ3v) is 3.85. The number of nitrogens with two attached hydrogens (primary N) is 1. The third-order valence-electron chi connectivity index (χ3n) is 3.36. The van der Waals surface area contributed by atoms with Crippen molar-refractivity contribution in [2.24, 2.45) is 5.73 Å². The van der Waals surface area contributed by atoms with Crippen molar-refractivity contribution in [2.75, 3.05) is 0 Å². The molecule has 2 atom stereocenters. The van der Waals surface area contributed by atoms with E-state index < -0.39 is 0 Å². The first kappa shape index (κ1) is 12.6. The second-order valence-corrected chi connectivity index (χ2v) is 5.57. The van der Waals surface area contributed by atoms with E-state index >= 15 is 0 Å². The lowest BCUT2D eigenvalue weighted by molar-refractivity contribution is 0.157. The summed E-state index contributed by atoms with van der Waals surface area (Å²) in [5.74, 6) is 0.477. The van der Waals surface area contributed by atoms with Gasteiger partial charge in [-0.15, -0.1) is 0 Å². The molecule has 1 aliphatic heterocycles. The Morgan fingerprint density at radius 1 is 1.16 bits per heavy atom. The molecule has 98 valence electrons. The van der Waals surface area contributed by atoms with Crippen LogP contribution < -0.4 is 10.5 Å². The van der Waals surface area contributed by atoms with Crippen molar-refractivity contribution >= 4 is 15.9 Å². The van der Waals surface area contributed by atoms with E-state index in [1.807, 2.05) is 24.3 Å². The quantitative estimate of drug-likeness (QED) is 0.857. The molecule has 0 bridgehead atoms. The van der Waals surface area contributed by atoms with Gasteiger partial charge in [0.15, 0.2) is 0 Å². The van der Waals surface area contributed by atoms with Gasteiger partial charge in [0.2, 0.25) is 0 Å². The van der Waals surface area contributed by atoms with Gasteiger partial charge in [-0.3, -0.25) is 0 Å². The molecular weight excluding hydrogens is 309 g/mol. The molecular formula is C15H13BrFNO. The normalized spacial score (nSPS) is 21.6. The number of ether oxygens (including phenoxy) is 1. The van der Waals surface area contributed by atoms with E-state index in [-0.39, 0.29) is 18.0 Å². The molecule has 3 rings (SSSR count). The van der Waals surface area contributed by atoms with Crippen molar-refractivity contribution in [3.63, 3.8) is 0 Å². The van der Waals surface area contributed by atoms with Crippen LogP contribution in [0.1, 0.15) is 29.7 Å². The summed E-state index contributed by atoms with van der Waals surface area (Å²) in [6, 6.07) is 12.4. The Labute approximate surface area is 119 Å². The van der Waals surface area contributed by atoms with Crippen LogP contribution in [0.25, 0.3) is 0 Å². The number of halogens is 2. The highest BCUT2D eigenvalue weighted by Gasteiger charge is 2.28. The molecule has 4 heteroatoms. The first-order valence-electron chi connectivity index (χ1n) is 6.11. The molecule has 19 heavy (non-hydrogen) atoms. The van der Waals surface area contributed by atoms with Crippen LogP contribution in [0.2, 0.25) is 0 Å². The van der Waals surface area contributed by atoms with Gasteiger partial charge in [-0.2, -0.15) is 0 Å². The number of para-hydroxylation sites is 1. The second kappa shape index (κ2) is 4.94. The van der Waals surface area contributed by atoms with E-state index in [1.54, 1.807) is 12.1 Å². The van der Waals surface area contributed by atoms with Gasteiger partial charge >= 0.3 is 0 Å². The molecule has 0 saturated carbocycles. The lowest BCUT2D eigenvalue weighted by Gasteiger charge is -2.30. The van der Waals surface area contributed by atoms with Gasteiger partial charge in [0.05, 0.1) is 0 Å². The van der Waals surface area contributed by atoms with E-state index in [2.05, 4.69) is 15.9 Å². The fourth-order valence-electron chi connectivity index (χ4n) is 2.40. The summed E-state index contributed by atoms with van der Waals surface area (Å²) in [4.78, 5) is 0. The molecule has 2 aromatic carbocycles. The van der Waals surface area contributed by atoms with Crippen molar-refractivity contribution in [1.82, 2.24) is 0 Å². The number of fused-ring (bicyclic) bond motifs is 1. The van der Waals surface area contributed by atoms with Crippen molar-refractivity contribution < 1.29 is 9.13 Å². The van der Waals surface area contributed by atoms with Crippen LogP contribution in [-0.2, 0) is 0 Å². The minimum Gasteiger partial charge on any atom is -0.485 e. The Kier molecular flexibility index (Phi) is 3.29. The summed E-state index contributed by atoms with van der Waals surface area (Å²) in [6.07, 6.45) is 0.229. The van der Waals surface area contributed by atoms with Crippen molar-refractivity contribution in [3.8, 4) is 5.75 Å². The monoisotopic (exact) mass is 321 g/mol. The predicted octanol–water partition coefficient (Wildman–Crippen LogP) is 4.11. The molecule has 0 amide bonds. The van der Waals surface area contributed by atoms with Crippen molar-refractivity contribution in [3.05, 3.63) is 63.9 Å². The van der Waals surface area contributed by atoms with E-state index in [0.717, 1.165) is 15.8 Å². The van der Waals surface area contributed by atoms with Gasteiger partial charge in [0, 0.05) is 28.1 Å². The molecule has 0 saturated heterocycles. The molecule has 1 aliphatic rings. The van der Waals surface area contributed by atoms with Gasteiger partial charge in [-0.1, -0.05) is 34.1 Å². The second-order valence-electron chi connectivity index (χ2n) is 4.65. The standard InChI is InChI=1S/C15H13BrFNO/c16-9-5-6-12(17)11(7-9)15-8-13(18)10-3-1-2-4-14(10)19-15/h1-7,13,15H,8,18H2/t13-,15?/m0/s1. The van der Waals surface area contributed by atoms with Crippen LogP contribution in [0.4, 0.5) is 4.39 Å². The maximum atomic E-state index is 13.9. The van der Waals surface area contributed by atoms with Crippen molar-refractivity contribution in [1.29, 1.82) is 0 Å². The van der Waals surface area contributed by atoms with Crippen LogP contribution in [0.5, 0.6) is 5.75 Å². The van der Waals surface area contributed by atoms with Gasteiger partial charge in [-0.25, -0.2) is 4.39 Å². The van der Waals surface area contributed by atoms with E-state index in [1.165, 1.54) is 6.07 Å². The van der Waals surface area contributed by atoms with Crippen molar-refractivity contribution in [2.45, 2.75) is 18.6 Å². The molecule has 0 fully saturated rings. The van der Waals surface area contributed by atoms with Gasteiger partial charge in [-0.05, 0) is 24.3 Å². The Balaban J connectivity index is 1.99. The van der Waals surface area contributed by atoms with Gasteiger partial charge < -0.3 is 10.5 Å². The molecule has 0 radical (unpaired) electrons. The minimum atomic E-state index is -0.345. The van der Waals surface area contributed by atoms with E-state index in [0.29, 0.717) is 12.0 Å². The summed E-state index contributed by atoms with van der Waals surface area (Å²) in [6.45, 7) is 0. The molecule has 0 aliphatic carbocycles. The summed E-state index contributed by atoms with van der Waals surface area (Å²) >= 11 is 3.36. The summed E-state index contributed by atoms with van der Waals surface area (Å²) in [5, 5.41) is 0. The van der Waals surface area contributed by atoms with Crippen LogP contribution >= 0.6 is 15.9 Å². The highest BCUT2D eigenvalue weighted by Crippen LogP contribution is 2.40. The number of hydrogen-bond donors (Lipinski definition) is 1. The molecule has 1 heterocycles. The third kappa shape index (κ3) is 2.38. The zero-order valence-corrected chi connectivity index (χ0v) is 11.7. The number of rotatable bonds is 1. The lowest BCUT2D eigenvalue weighted by Crippen LogP contribution is -2.24. The molecule has 0 spiro atoms. The maximum Gasteiger partial charge on any atom is 0.130 e. The Morgan fingerprint density at radius 3 is 2.79 bits per heavy atom. The number of benzene rings is 2.